The van der Waals surface area contributed by atoms with Crippen LogP contribution < -0.4 is 10.9 Å². The average molecular weight is 412 g/mol. The number of nitrogens with zero attached hydrogens (tertiary/aromatic N) is 3. The van der Waals surface area contributed by atoms with E-state index < -0.39 is 17.2 Å². The van der Waals surface area contributed by atoms with Gasteiger partial charge in [-0.05, 0) is 64.5 Å². The van der Waals surface area contributed by atoms with Crippen LogP contribution in [0.3, 0.4) is 0 Å². The van der Waals surface area contributed by atoms with Crippen molar-refractivity contribution < 1.29 is 18.7 Å². The molecule has 2 amide bonds. The second-order valence-corrected chi connectivity index (χ2v) is 8.79. The Bertz CT molecular complexity index is 964. The summed E-state index contributed by atoms with van der Waals surface area (Å²) in [5.41, 5.74) is 0.340. The number of rotatable bonds is 3. The fraction of sp³-hybridized carbons (Fsp3) is 0.476. The van der Waals surface area contributed by atoms with Gasteiger partial charge in [0.25, 0.3) is 0 Å². The number of ether oxygens (including phenoxy) is 1. The van der Waals surface area contributed by atoms with E-state index in [1.807, 2.05) is 18.4 Å². The molecule has 0 saturated carbocycles. The number of nitrogens with one attached hydrogen (secondary N) is 1. The minimum absolute atomic E-state index is 0.181. The summed E-state index contributed by atoms with van der Waals surface area (Å²) in [6, 6.07) is 5.97. The highest BCUT2D eigenvalue weighted by atomic mass is 19.1. The molecule has 0 bridgehead atoms. The Morgan fingerprint density at radius 2 is 1.87 bits per heavy atom. The van der Waals surface area contributed by atoms with Crippen LogP contribution in [0.1, 0.15) is 40.4 Å². The summed E-state index contributed by atoms with van der Waals surface area (Å²) < 4.78 is 20.3. The molecule has 0 atom stereocenters. The van der Waals surface area contributed by atoms with Crippen LogP contribution in [0.4, 0.5) is 9.18 Å². The van der Waals surface area contributed by atoms with Crippen molar-refractivity contribution in [3.8, 4) is 11.3 Å². The van der Waals surface area contributed by atoms with Crippen LogP contribution in [-0.4, -0.2) is 53.0 Å². The van der Waals surface area contributed by atoms with Gasteiger partial charge in [-0.3, -0.25) is 4.79 Å². The van der Waals surface area contributed by atoms with Crippen molar-refractivity contribution in [3.05, 3.63) is 35.9 Å². The highest BCUT2D eigenvalue weighted by Gasteiger charge is 2.40. The summed E-state index contributed by atoms with van der Waals surface area (Å²) >= 11 is 0. The van der Waals surface area contributed by atoms with Crippen LogP contribution in [0.5, 0.6) is 0 Å². The van der Waals surface area contributed by atoms with Crippen molar-refractivity contribution in [3.63, 3.8) is 0 Å². The minimum Gasteiger partial charge on any atom is -0.444 e. The molecule has 9 heteroatoms. The van der Waals surface area contributed by atoms with E-state index in [-0.39, 0.29) is 18.3 Å². The minimum atomic E-state index is -0.753. The number of amides is 2. The van der Waals surface area contributed by atoms with E-state index in [4.69, 9.17) is 12.6 Å². The second kappa shape index (κ2) is 7.77. The van der Waals surface area contributed by atoms with E-state index in [0.29, 0.717) is 35.8 Å². The SMILES string of the molecule is [B]c1c(-c2ccc(F)cc2)nc2n1CCN(C(=O)CNC(=O)OC(C)(C)C)C2(C)C. The molecule has 0 unspecified atom stereocenters. The third kappa shape index (κ3) is 4.34. The second-order valence-electron chi connectivity index (χ2n) is 8.79. The Morgan fingerprint density at radius 1 is 1.23 bits per heavy atom. The summed E-state index contributed by atoms with van der Waals surface area (Å²) in [4.78, 5) is 31.1. The number of imidazole rings is 1. The lowest BCUT2D eigenvalue weighted by atomic mass is 9.96. The highest BCUT2D eigenvalue weighted by Crippen LogP contribution is 2.32. The van der Waals surface area contributed by atoms with Gasteiger partial charge in [-0.25, -0.2) is 14.2 Å². The number of benzene rings is 1. The zero-order chi connectivity index (χ0) is 22.3. The van der Waals surface area contributed by atoms with Gasteiger partial charge in [-0.15, -0.1) is 0 Å². The van der Waals surface area contributed by atoms with Crippen molar-refractivity contribution in [2.75, 3.05) is 13.1 Å². The maximum absolute atomic E-state index is 13.3. The molecule has 1 N–H and O–H groups in total. The molecule has 0 saturated heterocycles. The molecule has 2 aromatic rings. The Hall–Kier alpha value is -2.84. The number of hydrogen-bond acceptors (Lipinski definition) is 4. The van der Waals surface area contributed by atoms with Crippen LogP contribution >= 0.6 is 0 Å². The third-order valence-corrected chi connectivity index (χ3v) is 4.98. The van der Waals surface area contributed by atoms with Gasteiger partial charge >= 0.3 is 6.09 Å². The van der Waals surface area contributed by atoms with Crippen molar-refractivity contribution >= 4 is 25.4 Å². The van der Waals surface area contributed by atoms with E-state index >= 15 is 0 Å². The first-order valence-electron chi connectivity index (χ1n) is 9.80. The zero-order valence-corrected chi connectivity index (χ0v) is 18.0. The molecular formula is C21H26BFN4O3. The standard InChI is InChI=1S/C21H26BFN4O3/c1-20(2,3)30-19(29)24-12-15(28)27-11-10-26-17(22)16(25-18(26)21(27,4)5)13-6-8-14(23)9-7-13/h6-9H,10-12H2,1-5H3,(H,24,29). The van der Waals surface area contributed by atoms with E-state index in [1.165, 1.54) is 12.1 Å². The quantitative estimate of drug-likeness (QED) is 0.784. The fourth-order valence-corrected chi connectivity index (χ4v) is 3.57. The average Bonchev–Trinajstić information content (AvgIpc) is 2.97. The molecule has 2 radical (unpaired) electrons. The molecule has 7 nitrogen and oxygen atoms in total. The molecule has 1 aromatic carbocycles. The van der Waals surface area contributed by atoms with E-state index in [9.17, 15) is 14.0 Å². The fourth-order valence-electron chi connectivity index (χ4n) is 3.57. The Kier molecular flexibility index (Phi) is 5.67. The van der Waals surface area contributed by atoms with Gasteiger partial charge in [0.1, 0.15) is 31.6 Å². The number of hydrogen-bond donors (Lipinski definition) is 1. The summed E-state index contributed by atoms with van der Waals surface area (Å²) in [6.45, 7) is 9.73. The first kappa shape index (κ1) is 21.9. The van der Waals surface area contributed by atoms with E-state index in [2.05, 4.69) is 10.3 Å². The molecular weight excluding hydrogens is 386 g/mol. The summed E-state index contributed by atoms with van der Waals surface area (Å²) in [5.74, 6) is 0.0501. The number of alkyl carbamates (subject to hydrolysis) is 1. The van der Waals surface area contributed by atoms with Crippen LogP contribution in [-0.2, 0) is 21.6 Å². The van der Waals surface area contributed by atoms with Gasteiger partial charge in [-0.2, -0.15) is 0 Å². The Morgan fingerprint density at radius 3 is 2.47 bits per heavy atom. The Balaban J connectivity index is 1.80. The summed E-state index contributed by atoms with van der Waals surface area (Å²) in [5, 5.41) is 2.51. The summed E-state index contributed by atoms with van der Waals surface area (Å²) in [6.07, 6.45) is -0.644. The molecule has 30 heavy (non-hydrogen) atoms. The van der Waals surface area contributed by atoms with Crippen LogP contribution in [0.15, 0.2) is 24.3 Å². The van der Waals surface area contributed by atoms with Crippen molar-refractivity contribution in [2.45, 2.75) is 52.3 Å². The lowest BCUT2D eigenvalue weighted by molar-refractivity contribution is -0.137. The third-order valence-electron chi connectivity index (χ3n) is 4.98. The molecule has 1 aromatic heterocycles. The number of carbonyl (C=O) groups is 2. The maximum atomic E-state index is 13.3. The molecule has 0 fully saturated rings. The van der Waals surface area contributed by atoms with Gasteiger partial charge in [-0.1, -0.05) is 0 Å². The zero-order valence-electron chi connectivity index (χ0n) is 18.0. The predicted octanol–water partition coefficient (Wildman–Crippen LogP) is 2.08. The summed E-state index contributed by atoms with van der Waals surface area (Å²) in [7, 11) is 6.32. The number of fused-ring (bicyclic) bond motifs is 1. The van der Waals surface area contributed by atoms with Crippen LogP contribution in [0.2, 0.25) is 0 Å². The smallest absolute Gasteiger partial charge is 0.408 e. The van der Waals surface area contributed by atoms with E-state index in [0.717, 1.165) is 0 Å². The lowest BCUT2D eigenvalue weighted by Gasteiger charge is -2.42. The molecule has 0 spiro atoms. The van der Waals surface area contributed by atoms with Crippen molar-refractivity contribution in [1.29, 1.82) is 0 Å². The van der Waals surface area contributed by atoms with Gasteiger partial charge in [0.2, 0.25) is 5.91 Å². The lowest BCUT2D eigenvalue weighted by Crippen LogP contribution is -2.55. The van der Waals surface area contributed by atoms with Gasteiger partial charge < -0.3 is 19.5 Å². The predicted molar refractivity (Wildman–Crippen MR) is 112 cm³/mol. The highest BCUT2D eigenvalue weighted by molar-refractivity contribution is 6.34. The van der Waals surface area contributed by atoms with Gasteiger partial charge in [0.15, 0.2) is 0 Å². The van der Waals surface area contributed by atoms with Gasteiger partial charge in [0.05, 0.1) is 11.2 Å². The first-order valence-corrected chi connectivity index (χ1v) is 9.80. The number of carbonyl (C=O) groups excluding carboxylic acids is 2. The monoisotopic (exact) mass is 412 g/mol. The molecule has 1 aliphatic rings. The van der Waals surface area contributed by atoms with E-state index in [1.54, 1.807) is 37.8 Å². The molecule has 2 heterocycles. The molecule has 158 valence electrons. The molecule has 1 aliphatic heterocycles. The normalized spacial score (nSPS) is 15.5. The molecule has 0 aliphatic carbocycles. The van der Waals surface area contributed by atoms with Crippen molar-refractivity contribution in [1.82, 2.24) is 19.8 Å². The Labute approximate surface area is 177 Å². The molecule has 3 rings (SSSR count). The van der Waals surface area contributed by atoms with Crippen molar-refractivity contribution in [2.24, 2.45) is 0 Å². The largest absolute Gasteiger partial charge is 0.444 e. The maximum Gasteiger partial charge on any atom is 0.408 e. The topological polar surface area (TPSA) is 76.5 Å². The van der Waals surface area contributed by atoms with Gasteiger partial charge in [0, 0.05) is 18.7 Å². The number of halogens is 1. The first-order chi connectivity index (χ1) is 13.9. The van der Waals surface area contributed by atoms with Crippen LogP contribution in [0, 0.1) is 5.82 Å². The van der Waals surface area contributed by atoms with Crippen LogP contribution in [0.25, 0.3) is 11.3 Å². The number of aromatic nitrogens is 2.